The van der Waals surface area contributed by atoms with Crippen LogP contribution in [0.5, 0.6) is 0 Å². The Morgan fingerprint density at radius 1 is 1.25 bits per heavy atom. The van der Waals surface area contributed by atoms with Crippen LogP contribution in [0.15, 0.2) is 12.1 Å². The molecule has 0 radical (unpaired) electrons. The van der Waals surface area contributed by atoms with E-state index < -0.39 is 0 Å². The van der Waals surface area contributed by atoms with Gasteiger partial charge in [-0.1, -0.05) is 24.6 Å². The second-order valence-electron chi connectivity index (χ2n) is 6.46. The van der Waals surface area contributed by atoms with Crippen molar-refractivity contribution >= 4 is 0 Å². The monoisotopic (exact) mass is 275 g/mol. The molecule has 20 heavy (non-hydrogen) atoms. The van der Waals surface area contributed by atoms with Gasteiger partial charge in [0.05, 0.1) is 5.60 Å². The Bertz CT molecular complexity index is 437. The lowest BCUT2D eigenvalue weighted by Crippen LogP contribution is -2.50. The van der Waals surface area contributed by atoms with E-state index in [1.807, 2.05) is 0 Å². The topological polar surface area (TPSA) is 21.3 Å². The first kappa shape index (κ1) is 15.5. The minimum Gasteiger partial charge on any atom is -0.374 e. The SMILES string of the molecule is CCNC(Cc1c(C)cc(C)cc1C)C1(C)CCCO1. The highest BCUT2D eigenvalue weighted by Crippen LogP contribution is 2.31. The standard InChI is InChI=1S/C18H29NO/c1-6-19-17(18(5)8-7-9-20-18)12-16-14(3)10-13(2)11-15(16)4/h10-11,17,19H,6-9,12H2,1-5H3. The van der Waals surface area contributed by atoms with Gasteiger partial charge in [-0.15, -0.1) is 0 Å². The summed E-state index contributed by atoms with van der Waals surface area (Å²) in [7, 11) is 0. The van der Waals surface area contributed by atoms with Crippen LogP contribution in [0.3, 0.4) is 0 Å². The molecular weight excluding hydrogens is 246 g/mol. The van der Waals surface area contributed by atoms with Gasteiger partial charge in [0, 0.05) is 12.6 Å². The van der Waals surface area contributed by atoms with Crippen molar-refractivity contribution in [2.45, 2.75) is 65.5 Å². The maximum atomic E-state index is 6.07. The summed E-state index contributed by atoms with van der Waals surface area (Å²) in [6, 6.07) is 4.99. The fourth-order valence-corrected chi connectivity index (χ4v) is 3.56. The van der Waals surface area contributed by atoms with Gasteiger partial charge in [-0.05, 0) is 70.2 Å². The highest BCUT2D eigenvalue weighted by molar-refractivity contribution is 5.38. The summed E-state index contributed by atoms with van der Waals surface area (Å²) in [4.78, 5) is 0. The quantitative estimate of drug-likeness (QED) is 0.884. The van der Waals surface area contributed by atoms with E-state index >= 15 is 0 Å². The number of ether oxygens (including phenoxy) is 1. The fraction of sp³-hybridized carbons (Fsp3) is 0.667. The summed E-state index contributed by atoms with van der Waals surface area (Å²) in [6.45, 7) is 13.0. The maximum Gasteiger partial charge on any atom is 0.0810 e. The Hall–Kier alpha value is -0.860. The number of rotatable bonds is 5. The minimum absolute atomic E-state index is 0.0141. The third-order valence-corrected chi connectivity index (χ3v) is 4.69. The van der Waals surface area contributed by atoms with Crippen molar-refractivity contribution in [3.8, 4) is 0 Å². The molecule has 0 bridgehead atoms. The molecule has 2 atom stereocenters. The summed E-state index contributed by atoms with van der Waals surface area (Å²) in [5, 5.41) is 3.66. The van der Waals surface area contributed by atoms with E-state index in [0.29, 0.717) is 6.04 Å². The molecule has 2 unspecified atom stereocenters. The average molecular weight is 275 g/mol. The van der Waals surface area contributed by atoms with E-state index in [2.05, 4.69) is 52.1 Å². The van der Waals surface area contributed by atoms with Gasteiger partial charge in [0.2, 0.25) is 0 Å². The minimum atomic E-state index is -0.0141. The van der Waals surface area contributed by atoms with Crippen molar-refractivity contribution < 1.29 is 4.74 Å². The predicted octanol–water partition coefficient (Wildman–Crippen LogP) is 3.70. The Morgan fingerprint density at radius 2 is 1.90 bits per heavy atom. The molecule has 1 N–H and O–H groups in total. The van der Waals surface area contributed by atoms with E-state index in [0.717, 1.165) is 26.0 Å². The van der Waals surface area contributed by atoms with E-state index in [1.54, 1.807) is 0 Å². The number of likely N-dealkylation sites (N-methyl/N-ethyl adjacent to an activating group) is 1. The summed E-state index contributed by atoms with van der Waals surface area (Å²) in [5.74, 6) is 0. The Balaban J connectivity index is 2.24. The molecule has 2 heteroatoms. The van der Waals surface area contributed by atoms with E-state index in [-0.39, 0.29) is 5.60 Å². The van der Waals surface area contributed by atoms with Crippen molar-refractivity contribution in [1.29, 1.82) is 0 Å². The van der Waals surface area contributed by atoms with Crippen molar-refractivity contribution in [3.63, 3.8) is 0 Å². The Labute approximate surface area is 123 Å². The smallest absolute Gasteiger partial charge is 0.0810 e. The van der Waals surface area contributed by atoms with Crippen molar-refractivity contribution in [1.82, 2.24) is 5.32 Å². The summed E-state index contributed by atoms with van der Waals surface area (Å²) in [6.07, 6.45) is 3.40. The number of hydrogen-bond acceptors (Lipinski definition) is 2. The first-order valence-electron chi connectivity index (χ1n) is 7.90. The second kappa shape index (κ2) is 6.28. The van der Waals surface area contributed by atoms with Gasteiger partial charge in [0.15, 0.2) is 0 Å². The molecule has 1 aromatic rings. The molecule has 1 aliphatic heterocycles. The molecule has 1 aromatic carbocycles. The van der Waals surface area contributed by atoms with Crippen LogP contribution in [0, 0.1) is 20.8 Å². The lowest BCUT2D eigenvalue weighted by atomic mass is 9.85. The lowest BCUT2D eigenvalue weighted by molar-refractivity contribution is -0.0111. The van der Waals surface area contributed by atoms with Crippen LogP contribution >= 0.6 is 0 Å². The van der Waals surface area contributed by atoms with Gasteiger partial charge in [-0.3, -0.25) is 0 Å². The zero-order chi connectivity index (χ0) is 14.8. The summed E-state index contributed by atoms with van der Waals surface area (Å²) in [5.41, 5.74) is 5.64. The van der Waals surface area contributed by atoms with Gasteiger partial charge in [0.1, 0.15) is 0 Å². The van der Waals surface area contributed by atoms with E-state index in [4.69, 9.17) is 4.74 Å². The van der Waals surface area contributed by atoms with Crippen LogP contribution in [0.1, 0.15) is 48.9 Å². The molecule has 0 saturated carbocycles. The number of nitrogens with one attached hydrogen (secondary N) is 1. The predicted molar refractivity (Wildman–Crippen MR) is 85.4 cm³/mol. The van der Waals surface area contributed by atoms with E-state index in [1.165, 1.54) is 28.7 Å². The zero-order valence-electron chi connectivity index (χ0n) is 13.7. The van der Waals surface area contributed by atoms with Crippen LogP contribution in [0.2, 0.25) is 0 Å². The molecule has 2 rings (SSSR count). The molecule has 0 amide bonds. The zero-order valence-corrected chi connectivity index (χ0v) is 13.7. The van der Waals surface area contributed by atoms with Crippen molar-refractivity contribution in [3.05, 3.63) is 34.4 Å². The van der Waals surface area contributed by atoms with Crippen LogP contribution in [0.25, 0.3) is 0 Å². The number of hydrogen-bond donors (Lipinski definition) is 1. The lowest BCUT2D eigenvalue weighted by Gasteiger charge is -2.35. The molecule has 1 fully saturated rings. The number of benzene rings is 1. The second-order valence-corrected chi connectivity index (χ2v) is 6.46. The molecule has 0 spiro atoms. The largest absolute Gasteiger partial charge is 0.374 e. The van der Waals surface area contributed by atoms with Crippen LogP contribution < -0.4 is 5.32 Å². The third-order valence-electron chi connectivity index (χ3n) is 4.69. The van der Waals surface area contributed by atoms with Crippen molar-refractivity contribution in [2.75, 3.05) is 13.2 Å². The van der Waals surface area contributed by atoms with Gasteiger partial charge in [0.25, 0.3) is 0 Å². The Kier molecular flexibility index (Phi) is 4.87. The maximum absolute atomic E-state index is 6.07. The van der Waals surface area contributed by atoms with Crippen LogP contribution in [-0.4, -0.2) is 24.8 Å². The molecule has 1 aliphatic rings. The van der Waals surface area contributed by atoms with Gasteiger partial charge < -0.3 is 10.1 Å². The highest BCUT2D eigenvalue weighted by Gasteiger charge is 2.38. The number of aryl methyl sites for hydroxylation is 3. The van der Waals surface area contributed by atoms with Crippen LogP contribution in [0.4, 0.5) is 0 Å². The molecule has 1 saturated heterocycles. The molecule has 1 heterocycles. The van der Waals surface area contributed by atoms with Gasteiger partial charge in [-0.2, -0.15) is 0 Å². The highest BCUT2D eigenvalue weighted by atomic mass is 16.5. The average Bonchev–Trinajstić information content (AvgIpc) is 2.80. The first-order valence-corrected chi connectivity index (χ1v) is 7.90. The Morgan fingerprint density at radius 3 is 2.40 bits per heavy atom. The van der Waals surface area contributed by atoms with Crippen molar-refractivity contribution in [2.24, 2.45) is 0 Å². The van der Waals surface area contributed by atoms with Gasteiger partial charge >= 0.3 is 0 Å². The van der Waals surface area contributed by atoms with Crippen LogP contribution in [-0.2, 0) is 11.2 Å². The molecule has 0 aromatic heterocycles. The van der Waals surface area contributed by atoms with E-state index in [9.17, 15) is 0 Å². The third kappa shape index (κ3) is 3.24. The normalized spacial score (nSPS) is 24.1. The molecule has 112 valence electrons. The molecule has 2 nitrogen and oxygen atoms in total. The molecular formula is C18H29NO. The first-order chi connectivity index (χ1) is 9.46. The fourth-order valence-electron chi connectivity index (χ4n) is 3.56. The summed E-state index contributed by atoms with van der Waals surface area (Å²) >= 11 is 0. The molecule has 0 aliphatic carbocycles. The van der Waals surface area contributed by atoms with Gasteiger partial charge in [-0.25, -0.2) is 0 Å². The summed E-state index contributed by atoms with van der Waals surface area (Å²) < 4.78 is 6.07.